The summed E-state index contributed by atoms with van der Waals surface area (Å²) < 4.78 is 0. The average Bonchev–Trinajstić information content (AvgIpc) is 2.64. The van der Waals surface area contributed by atoms with Gasteiger partial charge in [-0.15, -0.1) is 0 Å². The van der Waals surface area contributed by atoms with Gasteiger partial charge in [-0.2, -0.15) is 0 Å². The van der Waals surface area contributed by atoms with Crippen molar-refractivity contribution in [3.63, 3.8) is 0 Å². The standard InChI is InChI=1S/C12H25N3S/c1-10(2)15(9-7-13-3)8-5-11-12(16)4-6-14-11/h10-11,13-14H,4-9H2,1-3H3. The Morgan fingerprint density at radius 2 is 2.25 bits per heavy atom. The maximum atomic E-state index is 5.35. The molecular formula is C12H25N3S. The fourth-order valence-corrected chi connectivity index (χ4v) is 2.40. The second-order valence-electron chi connectivity index (χ2n) is 4.74. The third-order valence-corrected chi connectivity index (χ3v) is 3.72. The quantitative estimate of drug-likeness (QED) is 0.653. The molecule has 16 heavy (non-hydrogen) atoms. The first-order valence-electron chi connectivity index (χ1n) is 6.30. The van der Waals surface area contributed by atoms with Crippen LogP contribution in [0.15, 0.2) is 0 Å². The first-order chi connectivity index (χ1) is 7.65. The molecule has 3 nitrogen and oxygen atoms in total. The molecule has 1 rings (SSSR count). The van der Waals surface area contributed by atoms with Crippen molar-refractivity contribution in [3.05, 3.63) is 0 Å². The molecule has 1 fully saturated rings. The average molecular weight is 243 g/mol. The minimum atomic E-state index is 0.478. The van der Waals surface area contributed by atoms with Gasteiger partial charge in [-0.1, -0.05) is 12.2 Å². The van der Waals surface area contributed by atoms with Gasteiger partial charge in [0, 0.05) is 43.1 Å². The number of nitrogens with zero attached hydrogens (tertiary/aromatic N) is 1. The molecule has 1 heterocycles. The molecule has 0 bridgehead atoms. The monoisotopic (exact) mass is 243 g/mol. The second-order valence-corrected chi connectivity index (χ2v) is 5.27. The van der Waals surface area contributed by atoms with E-state index in [2.05, 4.69) is 29.4 Å². The van der Waals surface area contributed by atoms with Gasteiger partial charge in [0.2, 0.25) is 0 Å². The number of hydrogen-bond acceptors (Lipinski definition) is 4. The highest BCUT2D eigenvalue weighted by Gasteiger charge is 2.21. The summed E-state index contributed by atoms with van der Waals surface area (Å²) in [5.74, 6) is 0. The lowest BCUT2D eigenvalue weighted by atomic mass is 10.1. The lowest BCUT2D eigenvalue weighted by Crippen LogP contribution is -2.40. The maximum absolute atomic E-state index is 5.35. The zero-order valence-corrected chi connectivity index (χ0v) is 11.6. The molecule has 4 heteroatoms. The number of rotatable bonds is 7. The first-order valence-corrected chi connectivity index (χ1v) is 6.70. The topological polar surface area (TPSA) is 27.3 Å². The van der Waals surface area contributed by atoms with Crippen molar-refractivity contribution in [1.29, 1.82) is 0 Å². The van der Waals surface area contributed by atoms with Crippen LogP contribution in [0.4, 0.5) is 0 Å². The predicted octanol–water partition coefficient (Wildman–Crippen LogP) is 1.04. The van der Waals surface area contributed by atoms with Gasteiger partial charge in [0.25, 0.3) is 0 Å². The van der Waals surface area contributed by atoms with Crippen LogP contribution in [0.5, 0.6) is 0 Å². The Hall–Kier alpha value is -0.0300. The third-order valence-electron chi connectivity index (χ3n) is 3.24. The van der Waals surface area contributed by atoms with Crippen LogP contribution in [0.25, 0.3) is 0 Å². The Balaban J connectivity index is 2.28. The van der Waals surface area contributed by atoms with Crippen molar-refractivity contribution in [2.24, 2.45) is 0 Å². The van der Waals surface area contributed by atoms with Gasteiger partial charge in [-0.05, 0) is 33.7 Å². The smallest absolute Gasteiger partial charge is 0.0396 e. The Kier molecular flexibility index (Phi) is 6.43. The molecule has 1 aliphatic rings. The first kappa shape index (κ1) is 14.0. The van der Waals surface area contributed by atoms with Crippen LogP contribution in [0.3, 0.4) is 0 Å². The molecule has 0 aromatic heterocycles. The normalized spacial score (nSPS) is 21.3. The Morgan fingerprint density at radius 3 is 2.75 bits per heavy atom. The molecule has 0 saturated carbocycles. The van der Waals surface area contributed by atoms with Crippen LogP contribution in [-0.2, 0) is 0 Å². The molecule has 0 spiro atoms. The van der Waals surface area contributed by atoms with E-state index in [4.69, 9.17) is 12.2 Å². The number of likely N-dealkylation sites (N-methyl/N-ethyl adjacent to an activating group) is 1. The highest BCUT2D eigenvalue weighted by atomic mass is 32.1. The minimum Gasteiger partial charge on any atom is -0.318 e. The molecule has 0 aromatic rings. The van der Waals surface area contributed by atoms with Crippen molar-refractivity contribution < 1.29 is 0 Å². The van der Waals surface area contributed by atoms with Crippen LogP contribution in [0.2, 0.25) is 0 Å². The Morgan fingerprint density at radius 1 is 1.50 bits per heavy atom. The van der Waals surface area contributed by atoms with E-state index in [9.17, 15) is 0 Å². The molecular weight excluding hydrogens is 218 g/mol. The van der Waals surface area contributed by atoms with Gasteiger partial charge in [0.15, 0.2) is 0 Å². The third kappa shape index (κ3) is 4.45. The van der Waals surface area contributed by atoms with Crippen molar-refractivity contribution in [3.8, 4) is 0 Å². The summed E-state index contributed by atoms with van der Waals surface area (Å²) in [6, 6.07) is 1.09. The number of hydrogen-bond donors (Lipinski definition) is 2. The van der Waals surface area contributed by atoms with Gasteiger partial charge in [0.1, 0.15) is 0 Å². The van der Waals surface area contributed by atoms with E-state index in [1.54, 1.807) is 0 Å². The van der Waals surface area contributed by atoms with Gasteiger partial charge in [0.05, 0.1) is 0 Å². The van der Waals surface area contributed by atoms with E-state index < -0.39 is 0 Å². The van der Waals surface area contributed by atoms with E-state index in [1.165, 1.54) is 4.86 Å². The van der Waals surface area contributed by atoms with Gasteiger partial charge >= 0.3 is 0 Å². The summed E-state index contributed by atoms with van der Waals surface area (Å²) >= 11 is 5.35. The van der Waals surface area contributed by atoms with Crippen molar-refractivity contribution in [2.45, 2.75) is 38.8 Å². The zero-order chi connectivity index (χ0) is 12.0. The second kappa shape index (κ2) is 7.33. The highest BCUT2D eigenvalue weighted by molar-refractivity contribution is 7.80. The van der Waals surface area contributed by atoms with Crippen LogP contribution < -0.4 is 10.6 Å². The molecule has 0 radical (unpaired) electrons. The number of nitrogens with one attached hydrogen (secondary N) is 2. The number of thiocarbonyl (C=S) groups is 1. The summed E-state index contributed by atoms with van der Waals surface area (Å²) in [6.45, 7) is 8.90. The van der Waals surface area contributed by atoms with Crippen molar-refractivity contribution in [2.75, 3.05) is 33.2 Å². The summed E-state index contributed by atoms with van der Waals surface area (Å²) in [5, 5.41) is 6.68. The van der Waals surface area contributed by atoms with Gasteiger partial charge in [-0.3, -0.25) is 4.90 Å². The minimum absolute atomic E-state index is 0.478. The summed E-state index contributed by atoms with van der Waals surface area (Å²) in [4.78, 5) is 3.73. The van der Waals surface area contributed by atoms with Gasteiger partial charge in [-0.25, -0.2) is 0 Å². The lowest BCUT2D eigenvalue weighted by molar-refractivity contribution is 0.218. The molecule has 1 atom stereocenters. The van der Waals surface area contributed by atoms with Gasteiger partial charge < -0.3 is 10.6 Å². The van der Waals surface area contributed by atoms with Crippen LogP contribution >= 0.6 is 12.2 Å². The largest absolute Gasteiger partial charge is 0.318 e. The highest BCUT2D eigenvalue weighted by Crippen LogP contribution is 2.09. The molecule has 94 valence electrons. The summed E-state index contributed by atoms with van der Waals surface area (Å²) in [6.07, 6.45) is 2.24. The molecule has 0 amide bonds. The van der Waals surface area contributed by atoms with E-state index in [1.807, 2.05) is 7.05 Å². The molecule has 1 unspecified atom stereocenters. The molecule has 0 aliphatic carbocycles. The zero-order valence-electron chi connectivity index (χ0n) is 10.8. The van der Waals surface area contributed by atoms with Crippen LogP contribution in [0, 0.1) is 0 Å². The Bertz CT molecular complexity index is 218. The molecule has 0 aromatic carbocycles. The molecule has 1 aliphatic heterocycles. The summed E-state index contributed by atoms with van der Waals surface area (Å²) in [7, 11) is 2.01. The molecule has 1 saturated heterocycles. The van der Waals surface area contributed by atoms with Crippen molar-refractivity contribution >= 4 is 17.1 Å². The fraction of sp³-hybridized carbons (Fsp3) is 0.917. The Labute approximate surface area is 105 Å². The SMILES string of the molecule is CNCCN(CCC1NCCC1=S)C(C)C. The lowest BCUT2D eigenvalue weighted by Gasteiger charge is -2.27. The van der Waals surface area contributed by atoms with Crippen molar-refractivity contribution in [1.82, 2.24) is 15.5 Å². The summed E-state index contributed by atoms with van der Waals surface area (Å²) in [5.41, 5.74) is 0. The van der Waals surface area contributed by atoms with E-state index in [0.717, 1.165) is 39.0 Å². The van der Waals surface area contributed by atoms with Crippen LogP contribution in [-0.4, -0.2) is 55.1 Å². The van der Waals surface area contributed by atoms with E-state index in [-0.39, 0.29) is 0 Å². The predicted molar refractivity (Wildman–Crippen MR) is 74.3 cm³/mol. The van der Waals surface area contributed by atoms with Crippen LogP contribution in [0.1, 0.15) is 26.7 Å². The fourth-order valence-electron chi connectivity index (χ4n) is 2.10. The van der Waals surface area contributed by atoms with E-state index in [0.29, 0.717) is 12.1 Å². The van der Waals surface area contributed by atoms with E-state index >= 15 is 0 Å². The maximum Gasteiger partial charge on any atom is 0.0396 e. The molecule has 2 N–H and O–H groups in total.